The molecule has 1 aliphatic rings. The number of allylic oxidation sites excluding steroid dienone is 5. The number of aliphatic carboxylic acids is 1. The smallest absolute Gasteiger partial charge is 0.326 e. The second-order valence-corrected chi connectivity index (χ2v) is 9.60. The Morgan fingerprint density at radius 3 is 2.45 bits per heavy atom. The Hall–Kier alpha value is -3.61. The topological polar surface area (TPSA) is 79.2 Å². The van der Waals surface area contributed by atoms with Crippen molar-refractivity contribution in [3.63, 3.8) is 0 Å². The first-order valence-corrected chi connectivity index (χ1v) is 12.9. The molecule has 0 aliphatic carbocycles. The van der Waals surface area contributed by atoms with Crippen molar-refractivity contribution in [2.75, 3.05) is 27.4 Å². The molecule has 6 nitrogen and oxygen atoms in total. The Balaban J connectivity index is 1.94. The summed E-state index contributed by atoms with van der Waals surface area (Å²) in [5, 5.41) is 20.0. The summed E-state index contributed by atoms with van der Waals surface area (Å²) in [6, 6.07) is 10.1. The first kappa shape index (κ1) is 29.0. The molecule has 1 saturated heterocycles. The van der Waals surface area contributed by atoms with Crippen molar-refractivity contribution in [2.45, 2.75) is 45.2 Å². The Morgan fingerprint density at radius 1 is 1.13 bits per heavy atom. The highest BCUT2D eigenvalue weighted by Gasteiger charge is 2.45. The van der Waals surface area contributed by atoms with E-state index >= 15 is 0 Å². The number of hydrogen-bond donors (Lipinski definition) is 2. The van der Waals surface area contributed by atoms with Gasteiger partial charge in [0, 0.05) is 6.54 Å². The van der Waals surface area contributed by atoms with E-state index in [0.717, 1.165) is 29.5 Å². The monoisotopic (exact) mass is 517 g/mol. The Kier molecular flexibility index (Phi) is 10.1. The van der Waals surface area contributed by atoms with Crippen LogP contribution in [0.15, 0.2) is 61.2 Å². The molecule has 1 fully saturated rings. The van der Waals surface area contributed by atoms with E-state index in [-0.39, 0.29) is 0 Å². The van der Waals surface area contributed by atoms with Gasteiger partial charge in [0.2, 0.25) is 0 Å². The van der Waals surface area contributed by atoms with Gasteiger partial charge in [0.1, 0.15) is 17.0 Å². The summed E-state index contributed by atoms with van der Waals surface area (Å²) in [4.78, 5) is 14.0. The fourth-order valence-electron chi connectivity index (χ4n) is 5.07. The molecule has 2 aromatic rings. The van der Waals surface area contributed by atoms with E-state index in [1.807, 2.05) is 35.3 Å². The largest absolute Gasteiger partial charge is 0.496 e. The maximum absolute atomic E-state index is 12.2. The number of rotatable bonds is 11. The minimum Gasteiger partial charge on any atom is -0.496 e. The summed E-state index contributed by atoms with van der Waals surface area (Å²) >= 11 is 0. The van der Waals surface area contributed by atoms with Gasteiger partial charge in [-0.15, -0.1) is 0 Å². The number of nitrogens with zero attached hydrogens (tertiary/aromatic N) is 1. The van der Waals surface area contributed by atoms with Crippen molar-refractivity contribution >= 4 is 23.7 Å². The Labute approximate surface area is 226 Å². The summed E-state index contributed by atoms with van der Waals surface area (Å²) in [5.74, 6) is 0.228. The zero-order chi connectivity index (χ0) is 27.7. The van der Waals surface area contributed by atoms with Crippen LogP contribution in [0.5, 0.6) is 11.5 Å². The lowest BCUT2D eigenvalue weighted by Gasteiger charge is -2.43. The number of ether oxygens (including phenoxy) is 2. The third-order valence-electron chi connectivity index (χ3n) is 7.36. The first-order chi connectivity index (χ1) is 18.3. The van der Waals surface area contributed by atoms with Crippen molar-refractivity contribution in [3.8, 4) is 11.5 Å². The molecular weight excluding hydrogens is 478 g/mol. The first-order valence-electron chi connectivity index (χ1n) is 12.9. The van der Waals surface area contributed by atoms with Gasteiger partial charge < -0.3 is 19.7 Å². The lowest BCUT2D eigenvalue weighted by Crippen LogP contribution is -2.59. The summed E-state index contributed by atoms with van der Waals surface area (Å²) < 4.78 is 11.5. The molecule has 1 aliphatic heterocycles. The normalized spacial score (nSPS) is 18.7. The number of hydrogen-bond acceptors (Lipinski definition) is 5. The Morgan fingerprint density at radius 2 is 1.84 bits per heavy atom. The summed E-state index contributed by atoms with van der Waals surface area (Å²) in [6.07, 6.45) is 13.9. The van der Waals surface area contributed by atoms with E-state index in [9.17, 15) is 15.0 Å². The molecule has 0 saturated carbocycles. The van der Waals surface area contributed by atoms with Crippen LogP contribution in [0.2, 0.25) is 0 Å². The Bertz CT molecular complexity index is 1220. The second-order valence-electron chi connectivity index (χ2n) is 9.60. The fraction of sp³-hybridized carbons (Fsp3) is 0.344. The van der Waals surface area contributed by atoms with Gasteiger partial charge >= 0.3 is 5.97 Å². The predicted octanol–water partition coefficient (Wildman–Crippen LogP) is 6.13. The van der Waals surface area contributed by atoms with E-state index < -0.39 is 18.1 Å². The van der Waals surface area contributed by atoms with Crippen molar-refractivity contribution in [2.24, 2.45) is 0 Å². The molecule has 1 unspecified atom stereocenters. The van der Waals surface area contributed by atoms with E-state index in [2.05, 4.69) is 50.8 Å². The average molecular weight is 518 g/mol. The molecule has 0 aromatic heterocycles. The number of carboxylic acids is 1. The van der Waals surface area contributed by atoms with Gasteiger partial charge in [-0.3, -0.25) is 9.69 Å². The van der Waals surface area contributed by atoms with Crippen LogP contribution >= 0.6 is 0 Å². The molecule has 0 radical (unpaired) electrons. The number of benzene rings is 2. The van der Waals surface area contributed by atoms with Gasteiger partial charge in [-0.2, -0.15) is 0 Å². The minimum absolute atomic E-state index is 0.302. The lowest BCUT2D eigenvalue weighted by molar-refractivity contribution is -0.158. The van der Waals surface area contributed by atoms with Crippen LogP contribution in [0, 0.1) is 6.92 Å². The highest BCUT2D eigenvalue weighted by molar-refractivity contribution is 5.79. The fourth-order valence-corrected chi connectivity index (χ4v) is 5.07. The van der Waals surface area contributed by atoms with Gasteiger partial charge in [0.25, 0.3) is 0 Å². The lowest BCUT2D eigenvalue weighted by atomic mass is 9.86. The predicted molar refractivity (Wildman–Crippen MR) is 154 cm³/mol. The highest BCUT2D eigenvalue weighted by Crippen LogP contribution is 2.37. The summed E-state index contributed by atoms with van der Waals surface area (Å²) in [7, 11) is 3.20. The second kappa shape index (κ2) is 13.3. The average Bonchev–Trinajstić information content (AvgIpc) is 2.93. The number of carbonyl (C=O) groups is 1. The molecule has 0 bridgehead atoms. The standard InChI is InChI=1S/C32H39NO5/c1-6-7-8-12-23(2)27-14-11-13-26(24(27)3)16-15-25-19-29(37-4)28(30(20-25)38-5)21-33-18-10-9-17-32(33,22-34)31(35)36/h6-8,11-16,19-20,34H,1,9-10,17-18,21-22H2,2-5H3,(H,35,36)/b8-7-,16-15+,23-12+. The maximum Gasteiger partial charge on any atom is 0.326 e. The third kappa shape index (κ3) is 6.26. The van der Waals surface area contributed by atoms with Crippen LogP contribution in [0.1, 0.15) is 54.0 Å². The summed E-state index contributed by atoms with van der Waals surface area (Å²) in [6.45, 7) is 8.36. The quantitative estimate of drug-likeness (QED) is 0.276. The SMILES string of the molecule is C=C/C=C\C=C(/C)c1cccc(/C=C/c2cc(OC)c(CN3CCCCC3(CO)C(=O)O)c(OC)c2)c1C. The minimum atomic E-state index is -1.30. The van der Waals surface area contributed by atoms with E-state index in [0.29, 0.717) is 31.0 Å². The molecule has 2 N–H and O–H groups in total. The van der Waals surface area contributed by atoms with Crippen molar-refractivity contribution < 1.29 is 24.5 Å². The van der Waals surface area contributed by atoms with Gasteiger partial charge in [-0.1, -0.05) is 61.2 Å². The summed E-state index contributed by atoms with van der Waals surface area (Å²) in [5.41, 5.74) is 4.99. The van der Waals surface area contributed by atoms with Crippen molar-refractivity contribution in [1.82, 2.24) is 4.90 Å². The number of aliphatic hydroxyl groups is 1. The van der Waals surface area contributed by atoms with Crippen LogP contribution in [0.4, 0.5) is 0 Å². The van der Waals surface area contributed by atoms with Crippen LogP contribution in [0.25, 0.3) is 17.7 Å². The van der Waals surface area contributed by atoms with Gasteiger partial charge in [-0.05, 0) is 79.6 Å². The number of likely N-dealkylation sites (tertiary alicyclic amines) is 1. The van der Waals surface area contributed by atoms with Crippen LogP contribution in [-0.4, -0.2) is 54.0 Å². The van der Waals surface area contributed by atoms with Crippen molar-refractivity contribution in [1.29, 1.82) is 0 Å². The van der Waals surface area contributed by atoms with Gasteiger partial charge in [0.05, 0.1) is 26.4 Å². The van der Waals surface area contributed by atoms with Crippen LogP contribution < -0.4 is 9.47 Å². The van der Waals surface area contributed by atoms with E-state index in [1.54, 1.807) is 20.3 Å². The van der Waals surface area contributed by atoms with Crippen LogP contribution in [-0.2, 0) is 11.3 Å². The van der Waals surface area contributed by atoms with Gasteiger partial charge in [-0.25, -0.2) is 0 Å². The van der Waals surface area contributed by atoms with Crippen LogP contribution in [0.3, 0.4) is 0 Å². The number of methoxy groups -OCH3 is 2. The zero-order valence-corrected chi connectivity index (χ0v) is 22.9. The number of carboxylic acid groups (broad SMARTS) is 1. The third-order valence-corrected chi connectivity index (χ3v) is 7.36. The zero-order valence-electron chi connectivity index (χ0n) is 22.9. The van der Waals surface area contributed by atoms with Gasteiger partial charge in [0.15, 0.2) is 0 Å². The van der Waals surface area contributed by atoms with Crippen molar-refractivity contribution in [3.05, 3.63) is 89.0 Å². The van der Waals surface area contributed by atoms with E-state index in [1.165, 1.54) is 16.7 Å². The molecule has 0 amide bonds. The maximum atomic E-state index is 12.2. The number of aliphatic hydroxyl groups excluding tert-OH is 1. The molecule has 1 atom stereocenters. The molecular formula is C32H39NO5. The number of piperidine rings is 1. The molecule has 0 spiro atoms. The molecule has 38 heavy (non-hydrogen) atoms. The molecule has 3 rings (SSSR count). The molecule has 2 aromatic carbocycles. The van der Waals surface area contributed by atoms with E-state index in [4.69, 9.17) is 9.47 Å². The highest BCUT2D eigenvalue weighted by atomic mass is 16.5. The molecule has 1 heterocycles. The molecule has 202 valence electrons. The molecule has 6 heteroatoms.